The first-order valence-electron chi connectivity index (χ1n) is 6.62. The van der Waals surface area contributed by atoms with E-state index in [1.165, 1.54) is 0 Å². The summed E-state index contributed by atoms with van der Waals surface area (Å²) < 4.78 is 5.16. The standard InChI is InChI=1S/C15H21NO3/c1-4-16(5-2)14(17)10-11-15(18)19-13-8-6-12(3)7-9-13/h6-9H,4-5,10-11H2,1-3H3. The molecule has 0 fully saturated rings. The van der Waals surface area contributed by atoms with E-state index in [-0.39, 0.29) is 24.7 Å². The SMILES string of the molecule is CCN(CC)C(=O)CCC(=O)Oc1ccc(C)cc1. The number of ether oxygens (including phenoxy) is 1. The highest BCUT2D eigenvalue weighted by Crippen LogP contribution is 2.12. The number of aryl methyl sites for hydroxylation is 1. The molecule has 0 aliphatic rings. The van der Waals surface area contributed by atoms with E-state index < -0.39 is 0 Å². The summed E-state index contributed by atoms with van der Waals surface area (Å²) in [7, 11) is 0. The van der Waals surface area contributed by atoms with Crippen LogP contribution in [0.5, 0.6) is 5.75 Å². The minimum Gasteiger partial charge on any atom is -0.427 e. The van der Waals surface area contributed by atoms with E-state index in [0.29, 0.717) is 18.8 Å². The third-order valence-corrected chi connectivity index (χ3v) is 2.91. The Morgan fingerprint density at radius 2 is 1.63 bits per heavy atom. The van der Waals surface area contributed by atoms with Crippen LogP contribution in [0.15, 0.2) is 24.3 Å². The van der Waals surface area contributed by atoms with Crippen LogP contribution in [0, 0.1) is 6.92 Å². The third kappa shape index (κ3) is 5.12. The highest BCUT2D eigenvalue weighted by atomic mass is 16.5. The lowest BCUT2D eigenvalue weighted by molar-refractivity contribution is -0.138. The fourth-order valence-electron chi connectivity index (χ4n) is 1.73. The first-order chi connectivity index (χ1) is 9.06. The molecular weight excluding hydrogens is 242 g/mol. The molecule has 0 bridgehead atoms. The number of benzene rings is 1. The fourth-order valence-corrected chi connectivity index (χ4v) is 1.73. The minimum atomic E-state index is -0.371. The van der Waals surface area contributed by atoms with Crippen molar-refractivity contribution in [1.29, 1.82) is 0 Å². The zero-order chi connectivity index (χ0) is 14.3. The summed E-state index contributed by atoms with van der Waals surface area (Å²) in [6.45, 7) is 7.15. The summed E-state index contributed by atoms with van der Waals surface area (Å²) in [5, 5.41) is 0. The van der Waals surface area contributed by atoms with Crippen LogP contribution in [0.3, 0.4) is 0 Å². The molecule has 0 spiro atoms. The number of hydrogen-bond acceptors (Lipinski definition) is 3. The van der Waals surface area contributed by atoms with Crippen molar-refractivity contribution in [2.45, 2.75) is 33.6 Å². The average molecular weight is 263 g/mol. The Hall–Kier alpha value is -1.84. The lowest BCUT2D eigenvalue weighted by Gasteiger charge is -2.18. The van der Waals surface area contributed by atoms with Crippen LogP contribution >= 0.6 is 0 Å². The molecule has 1 rings (SSSR count). The number of esters is 1. The number of amides is 1. The van der Waals surface area contributed by atoms with Crippen molar-refractivity contribution in [3.8, 4) is 5.75 Å². The molecule has 1 amide bonds. The molecule has 0 heterocycles. The molecule has 1 aromatic carbocycles. The first kappa shape index (κ1) is 15.2. The van der Waals surface area contributed by atoms with E-state index in [2.05, 4.69) is 0 Å². The van der Waals surface area contributed by atoms with E-state index in [1.807, 2.05) is 32.9 Å². The predicted molar refractivity (Wildman–Crippen MR) is 74.0 cm³/mol. The second-order valence-electron chi connectivity index (χ2n) is 4.35. The number of hydrogen-bond donors (Lipinski definition) is 0. The molecule has 104 valence electrons. The minimum absolute atomic E-state index is 0.00847. The summed E-state index contributed by atoms with van der Waals surface area (Å²) in [5.41, 5.74) is 1.11. The molecule has 1 aromatic rings. The second-order valence-corrected chi connectivity index (χ2v) is 4.35. The van der Waals surface area contributed by atoms with Crippen LogP contribution in [0.25, 0.3) is 0 Å². The van der Waals surface area contributed by atoms with Crippen LogP contribution in [-0.2, 0) is 9.59 Å². The Labute approximate surface area is 114 Å². The van der Waals surface area contributed by atoms with Crippen molar-refractivity contribution in [3.05, 3.63) is 29.8 Å². The van der Waals surface area contributed by atoms with Crippen molar-refractivity contribution in [3.63, 3.8) is 0 Å². The summed E-state index contributed by atoms with van der Waals surface area (Å²) in [6, 6.07) is 7.26. The maximum absolute atomic E-state index is 11.7. The fraction of sp³-hybridized carbons (Fsp3) is 0.467. The molecule has 0 radical (unpaired) electrons. The van der Waals surface area contributed by atoms with Crippen molar-refractivity contribution < 1.29 is 14.3 Å². The Kier molecular flexibility index (Phi) is 6.06. The van der Waals surface area contributed by atoms with Crippen LogP contribution < -0.4 is 4.74 Å². The lowest BCUT2D eigenvalue weighted by Crippen LogP contribution is -2.30. The van der Waals surface area contributed by atoms with Crippen LogP contribution in [0.2, 0.25) is 0 Å². The molecule has 0 saturated heterocycles. The Morgan fingerprint density at radius 1 is 1.05 bits per heavy atom. The van der Waals surface area contributed by atoms with Crippen molar-refractivity contribution in [1.82, 2.24) is 4.90 Å². The molecule has 0 aliphatic heterocycles. The van der Waals surface area contributed by atoms with Gasteiger partial charge >= 0.3 is 5.97 Å². The Morgan fingerprint density at radius 3 is 2.16 bits per heavy atom. The van der Waals surface area contributed by atoms with E-state index in [0.717, 1.165) is 5.56 Å². The number of rotatable bonds is 6. The predicted octanol–water partition coefficient (Wildman–Crippen LogP) is 2.55. The van der Waals surface area contributed by atoms with Gasteiger partial charge in [-0.25, -0.2) is 0 Å². The van der Waals surface area contributed by atoms with E-state index in [1.54, 1.807) is 17.0 Å². The molecule has 0 aromatic heterocycles. The van der Waals surface area contributed by atoms with E-state index in [4.69, 9.17) is 4.74 Å². The molecule has 0 N–H and O–H groups in total. The molecule has 0 unspecified atom stereocenters. The van der Waals surface area contributed by atoms with Gasteiger partial charge in [0.05, 0.1) is 6.42 Å². The molecular formula is C15H21NO3. The summed E-state index contributed by atoms with van der Waals surface area (Å²) in [4.78, 5) is 25.0. The third-order valence-electron chi connectivity index (χ3n) is 2.91. The average Bonchev–Trinajstić information content (AvgIpc) is 2.40. The second kappa shape index (κ2) is 7.56. The van der Waals surface area contributed by atoms with Crippen molar-refractivity contribution in [2.24, 2.45) is 0 Å². The summed E-state index contributed by atoms with van der Waals surface area (Å²) in [6.07, 6.45) is 0.315. The number of carbonyl (C=O) groups excluding carboxylic acids is 2. The summed E-state index contributed by atoms with van der Waals surface area (Å²) in [5.74, 6) is 0.140. The van der Waals surface area contributed by atoms with Gasteiger partial charge in [-0.1, -0.05) is 17.7 Å². The Bertz CT molecular complexity index is 422. The van der Waals surface area contributed by atoms with Gasteiger partial charge in [0, 0.05) is 19.5 Å². The molecule has 0 aliphatic carbocycles. The smallest absolute Gasteiger partial charge is 0.311 e. The van der Waals surface area contributed by atoms with Crippen molar-refractivity contribution >= 4 is 11.9 Å². The molecule has 0 atom stereocenters. The van der Waals surface area contributed by atoms with Gasteiger partial charge in [0.2, 0.25) is 5.91 Å². The maximum Gasteiger partial charge on any atom is 0.311 e. The molecule has 0 saturated carbocycles. The quantitative estimate of drug-likeness (QED) is 0.585. The van der Waals surface area contributed by atoms with Gasteiger partial charge in [0.15, 0.2) is 0 Å². The highest BCUT2D eigenvalue weighted by Gasteiger charge is 2.13. The van der Waals surface area contributed by atoms with Gasteiger partial charge in [-0.3, -0.25) is 9.59 Å². The van der Waals surface area contributed by atoms with Gasteiger partial charge in [-0.05, 0) is 32.9 Å². The van der Waals surface area contributed by atoms with Gasteiger partial charge < -0.3 is 9.64 Å². The molecule has 19 heavy (non-hydrogen) atoms. The monoisotopic (exact) mass is 263 g/mol. The van der Waals surface area contributed by atoms with Gasteiger partial charge in [0.1, 0.15) is 5.75 Å². The van der Waals surface area contributed by atoms with Gasteiger partial charge in [-0.2, -0.15) is 0 Å². The molecule has 4 nitrogen and oxygen atoms in total. The largest absolute Gasteiger partial charge is 0.427 e. The molecule has 4 heteroatoms. The van der Waals surface area contributed by atoms with E-state index >= 15 is 0 Å². The van der Waals surface area contributed by atoms with Crippen LogP contribution in [0.1, 0.15) is 32.3 Å². The maximum atomic E-state index is 11.7. The first-order valence-corrected chi connectivity index (χ1v) is 6.62. The van der Waals surface area contributed by atoms with Gasteiger partial charge in [0.25, 0.3) is 0 Å². The van der Waals surface area contributed by atoms with Crippen LogP contribution in [-0.4, -0.2) is 29.9 Å². The normalized spacial score (nSPS) is 10.1. The zero-order valence-electron chi connectivity index (χ0n) is 11.8. The Balaban J connectivity index is 2.39. The van der Waals surface area contributed by atoms with Crippen LogP contribution in [0.4, 0.5) is 0 Å². The van der Waals surface area contributed by atoms with Gasteiger partial charge in [-0.15, -0.1) is 0 Å². The zero-order valence-corrected chi connectivity index (χ0v) is 11.8. The van der Waals surface area contributed by atoms with Crippen molar-refractivity contribution in [2.75, 3.05) is 13.1 Å². The number of nitrogens with zero attached hydrogens (tertiary/aromatic N) is 1. The van der Waals surface area contributed by atoms with E-state index in [9.17, 15) is 9.59 Å². The highest BCUT2D eigenvalue weighted by molar-refractivity contribution is 5.82. The lowest BCUT2D eigenvalue weighted by atomic mass is 10.2. The topological polar surface area (TPSA) is 46.6 Å². The number of carbonyl (C=O) groups is 2. The summed E-state index contributed by atoms with van der Waals surface area (Å²) >= 11 is 0.